The fraction of sp³-hybridized carbons (Fsp3) is 0.400. The number of morpholine rings is 1. The lowest BCUT2D eigenvalue weighted by atomic mass is 10.1. The van der Waals surface area contributed by atoms with E-state index in [1.165, 1.54) is 17.5 Å². The first-order valence-electron chi connectivity index (χ1n) is 12.6. The van der Waals surface area contributed by atoms with E-state index in [0.717, 1.165) is 5.76 Å². The number of amides is 1. The number of ether oxygens (including phenoxy) is 2. The Kier molecular flexibility index (Phi) is 6.91. The van der Waals surface area contributed by atoms with Crippen LogP contribution in [-0.4, -0.2) is 76.8 Å². The average Bonchev–Trinajstić information content (AvgIpc) is 3.34. The summed E-state index contributed by atoms with van der Waals surface area (Å²) in [5, 5.41) is 2.97. The number of nitrogens with one attached hydrogen (secondary N) is 2. The van der Waals surface area contributed by atoms with Crippen LogP contribution in [-0.2, 0) is 14.8 Å². The number of sulfonamides is 1. The highest BCUT2D eigenvalue weighted by molar-refractivity contribution is 7.93. The Morgan fingerprint density at radius 3 is 2.90 bits per heavy atom. The van der Waals surface area contributed by atoms with Gasteiger partial charge in [-0.05, 0) is 38.0 Å². The summed E-state index contributed by atoms with van der Waals surface area (Å²) in [6, 6.07) is 2.89. The number of fused-ring (bicyclic) bond motifs is 1. The van der Waals surface area contributed by atoms with Gasteiger partial charge in [-0.2, -0.15) is 0 Å². The Bertz CT molecular complexity index is 1520. The van der Waals surface area contributed by atoms with Crippen molar-refractivity contribution in [3.8, 4) is 16.5 Å². The zero-order chi connectivity index (χ0) is 27.0. The van der Waals surface area contributed by atoms with Gasteiger partial charge in [-0.3, -0.25) is 24.4 Å². The number of anilines is 1. The van der Waals surface area contributed by atoms with Gasteiger partial charge >= 0.3 is 0 Å². The minimum absolute atomic E-state index is 0.124. The van der Waals surface area contributed by atoms with Gasteiger partial charge in [-0.1, -0.05) is 0 Å². The van der Waals surface area contributed by atoms with Crippen molar-refractivity contribution in [3.05, 3.63) is 59.5 Å². The van der Waals surface area contributed by atoms with E-state index < -0.39 is 16.1 Å². The molecule has 0 saturated heterocycles. The number of hydrogen-bond acceptors (Lipinski definition) is 11. The van der Waals surface area contributed by atoms with Crippen molar-refractivity contribution in [3.63, 3.8) is 0 Å². The van der Waals surface area contributed by atoms with Gasteiger partial charge in [0.15, 0.2) is 5.01 Å². The number of pyridine rings is 1. The van der Waals surface area contributed by atoms with Crippen molar-refractivity contribution in [2.24, 2.45) is 0 Å². The molecule has 0 unspecified atom stereocenters. The summed E-state index contributed by atoms with van der Waals surface area (Å²) >= 11 is 1.20. The molecule has 3 aliphatic rings. The van der Waals surface area contributed by atoms with Crippen molar-refractivity contribution in [2.75, 3.05) is 31.0 Å². The van der Waals surface area contributed by atoms with Gasteiger partial charge in [-0.25, -0.2) is 18.4 Å². The van der Waals surface area contributed by atoms with E-state index in [4.69, 9.17) is 9.47 Å². The molecule has 2 N–H and O–H groups in total. The molecule has 3 aromatic rings. The summed E-state index contributed by atoms with van der Waals surface area (Å²) < 4.78 is 38.7. The first-order chi connectivity index (χ1) is 18.9. The van der Waals surface area contributed by atoms with Crippen LogP contribution in [0.1, 0.15) is 41.3 Å². The van der Waals surface area contributed by atoms with Crippen molar-refractivity contribution < 1.29 is 22.7 Å². The van der Waals surface area contributed by atoms with Crippen LogP contribution in [0.3, 0.4) is 0 Å². The summed E-state index contributed by atoms with van der Waals surface area (Å²) in [6.07, 6.45) is 9.67. The molecule has 0 spiro atoms. The second kappa shape index (κ2) is 10.5. The third-order valence-electron chi connectivity index (χ3n) is 6.59. The summed E-state index contributed by atoms with van der Waals surface area (Å²) in [7, 11) is -3.44. The Labute approximate surface area is 229 Å². The monoisotopic (exact) mass is 569 g/mol. The van der Waals surface area contributed by atoms with Gasteiger partial charge in [0, 0.05) is 18.9 Å². The zero-order valence-corrected chi connectivity index (χ0v) is 22.7. The van der Waals surface area contributed by atoms with Gasteiger partial charge in [0.05, 0.1) is 59.1 Å². The van der Waals surface area contributed by atoms with E-state index in [9.17, 15) is 13.2 Å². The summed E-state index contributed by atoms with van der Waals surface area (Å²) in [6.45, 7) is 4.01. The SMILES string of the molecule is CCOc1cncc(-c2cnc(C(=O)N[C@H](CN3CC4=C[C@H]3CO4)c3cc(NS(=O)(=O)C4CC4)ccn3)s2)n1. The van der Waals surface area contributed by atoms with E-state index in [1.54, 1.807) is 30.7 Å². The van der Waals surface area contributed by atoms with Crippen LogP contribution >= 0.6 is 11.3 Å². The summed E-state index contributed by atoms with van der Waals surface area (Å²) in [5.41, 5.74) is 1.52. The predicted octanol–water partition coefficient (Wildman–Crippen LogP) is 2.37. The number of thiazole rings is 1. The molecule has 14 heteroatoms. The molecule has 5 heterocycles. The zero-order valence-electron chi connectivity index (χ0n) is 21.1. The maximum Gasteiger partial charge on any atom is 0.280 e. The highest BCUT2D eigenvalue weighted by atomic mass is 32.2. The molecular weight excluding hydrogens is 542 g/mol. The van der Waals surface area contributed by atoms with E-state index in [2.05, 4.69) is 41.0 Å². The van der Waals surface area contributed by atoms with Gasteiger partial charge in [0.25, 0.3) is 5.91 Å². The van der Waals surface area contributed by atoms with Crippen LogP contribution in [0, 0.1) is 0 Å². The van der Waals surface area contributed by atoms with Gasteiger partial charge < -0.3 is 14.8 Å². The minimum atomic E-state index is -3.44. The Balaban J connectivity index is 1.22. The molecule has 204 valence electrons. The number of carbonyl (C=O) groups is 1. The lowest BCUT2D eigenvalue weighted by Gasteiger charge is -2.31. The smallest absolute Gasteiger partial charge is 0.280 e. The normalized spacial score (nSPS) is 19.3. The molecule has 12 nitrogen and oxygen atoms in total. The van der Waals surface area contributed by atoms with Crippen molar-refractivity contribution in [2.45, 2.75) is 37.1 Å². The molecule has 2 aliphatic heterocycles. The molecule has 1 saturated carbocycles. The third-order valence-corrected chi connectivity index (χ3v) is 9.47. The number of nitrogens with zero attached hydrogens (tertiary/aromatic N) is 5. The van der Waals surface area contributed by atoms with Crippen molar-refractivity contribution in [1.29, 1.82) is 0 Å². The molecule has 2 bridgehead atoms. The lowest BCUT2D eigenvalue weighted by Crippen LogP contribution is -2.43. The fourth-order valence-electron chi connectivity index (χ4n) is 4.51. The number of aromatic nitrogens is 4. The van der Waals surface area contributed by atoms with Crippen LogP contribution in [0.5, 0.6) is 5.88 Å². The topological polar surface area (TPSA) is 149 Å². The second-order valence-electron chi connectivity index (χ2n) is 9.49. The van der Waals surface area contributed by atoms with E-state index in [1.807, 2.05) is 6.92 Å². The molecule has 3 aromatic heterocycles. The molecule has 0 aromatic carbocycles. The van der Waals surface area contributed by atoms with E-state index in [-0.39, 0.29) is 22.2 Å². The predicted molar refractivity (Wildman–Crippen MR) is 144 cm³/mol. The summed E-state index contributed by atoms with van der Waals surface area (Å²) in [4.78, 5) is 33.6. The van der Waals surface area contributed by atoms with Crippen molar-refractivity contribution in [1.82, 2.24) is 30.2 Å². The van der Waals surface area contributed by atoms with Gasteiger partial charge in [0.2, 0.25) is 15.9 Å². The molecule has 6 rings (SSSR count). The van der Waals surface area contributed by atoms with Gasteiger partial charge in [0.1, 0.15) is 18.1 Å². The van der Waals surface area contributed by atoms with Gasteiger partial charge in [-0.15, -0.1) is 11.3 Å². The first kappa shape index (κ1) is 25.6. The maximum atomic E-state index is 13.4. The van der Waals surface area contributed by atoms with Crippen LogP contribution in [0.2, 0.25) is 0 Å². The Morgan fingerprint density at radius 1 is 1.28 bits per heavy atom. The van der Waals surface area contributed by atoms with Crippen LogP contribution < -0.4 is 14.8 Å². The molecule has 39 heavy (non-hydrogen) atoms. The molecule has 0 radical (unpaired) electrons. The van der Waals surface area contributed by atoms with Crippen LogP contribution in [0.15, 0.2) is 48.8 Å². The molecule has 1 aliphatic carbocycles. The standard InChI is InChI=1S/C25H27N7O5S2/c1-2-36-23-11-26-9-20(29-23)22-10-28-25(38-22)24(33)30-21(13-32-12-17-8-16(32)14-37-17)19-7-15(5-6-27-19)31-39(34,35)18-3-4-18/h5-11,16,18,21H,2-4,12-14H2,1H3,(H,27,31)(H,30,33)/t16-,21+/m0/s1. The molecule has 2 atom stereocenters. The molecule has 1 fully saturated rings. The lowest BCUT2D eigenvalue weighted by molar-refractivity contribution is 0.0817. The minimum Gasteiger partial charge on any atom is -0.495 e. The van der Waals surface area contributed by atoms with Crippen molar-refractivity contribution >= 4 is 33.0 Å². The number of hydrogen-bond donors (Lipinski definition) is 2. The second-order valence-corrected chi connectivity index (χ2v) is 12.5. The molecular formula is C25H27N7O5S2. The average molecular weight is 570 g/mol. The third kappa shape index (κ3) is 5.72. The van der Waals surface area contributed by atoms with E-state index in [0.29, 0.717) is 67.0 Å². The maximum absolute atomic E-state index is 13.4. The van der Waals surface area contributed by atoms with Crippen LogP contribution in [0.25, 0.3) is 10.6 Å². The van der Waals surface area contributed by atoms with Crippen LogP contribution in [0.4, 0.5) is 5.69 Å². The fourth-order valence-corrected chi connectivity index (χ4v) is 6.66. The largest absolute Gasteiger partial charge is 0.495 e. The molecule has 1 amide bonds. The highest BCUT2D eigenvalue weighted by Gasteiger charge is 2.37. The Hall–Kier alpha value is -3.62. The quantitative estimate of drug-likeness (QED) is 0.352. The van der Waals surface area contributed by atoms with E-state index >= 15 is 0 Å². The number of carbonyl (C=O) groups excluding carboxylic acids is 1. The summed E-state index contributed by atoms with van der Waals surface area (Å²) in [5.74, 6) is 0.952. The number of rotatable bonds is 11. The Morgan fingerprint density at radius 2 is 2.15 bits per heavy atom. The first-order valence-corrected chi connectivity index (χ1v) is 15.0. The highest BCUT2D eigenvalue weighted by Crippen LogP contribution is 2.31.